The fourth-order valence-electron chi connectivity index (χ4n) is 2.49. The molecule has 3 aromatic rings. The van der Waals surface area contributed by atoms with E-state index < -0.39 is 0 Å². The van der Waals surface area contributed by atoms with Crippen molar-refractivity contribution in [3.63, 3.8) is 0 Å². The second kappa shape index (κ2) is 7.37. The molecule has 2 aromatic carbocycles. The van der Waals surface area contributed by atoms with Gasteiger partial charge < -0.3 is 0 Å². The second-order valence-electron chi connectivity index (χ2n) is 5.44. The maximum absolute atomic E-state index is 4.50. The van der Waals surface area contributed by atoms with Gasteiger partial charge in [0.05, 0.1) is 11.4 Å². The van der Waals surface area contributed by atoms with Crippen LogP contribution in [0.2, 0.25) is 0 Å². The lowest BCUT2D eigenvalue weighted by Gasteiger charge is -2.07. The van der Waals surface area contributed by atoms with Crippen molar-refractivity contribution >= 4 is 21.5 Å². The van der Waals surface area contributed by atoms with E-state index in [9.17, 15) is 0 Å². The molecule has 24 heavy (non-hydrogen) atoms. The van der Waals surface area contributed by atoms with Crippen LogP contribution in [0.1, 0.15) is 12.6 Å². The van der Waals surface area contributed by atoms with E-state index in [0.717, 1.165) is 22.5 Å². The molecule has 0 N–H and O–H groups in total. The highest BCUT2D eigenvalue weighted by Crippen LogP contribution is 2.26. The Morgan fingerprint density at radius 2 is 1.54 bits per heavy atom. The van der Waals surface area contributed by atoms with E-state index in [1.54, 1.807) is 6.08 Å². The zero-order valence-electron chi connectivity index (χ0n) is 13.4. The van der Waals surface area contributed by atoms with Gasteiger partial charge in [0, 0.05) is 5.56 Å². The van der Waals surface area contributed by atoms with Gasteiger partial charge >= 0.3 is 0 Å². The third kappa shape index (κ3) is 3.69. The van der Waals surface area contributed by atoms with Crippen molar-refractivity contribution < 1.29 is 0 Å². The Labute approximate surface area is 150 Å². The van der Waals surface area contributed by atoms with Crippen molar-refractivity contribution in [1.82, 2.24) is 9.97 Å². The highest BCUT2D eigenvalue weighted by atomic mass is 79.9. The van der Waals surface area contributed by atoms with E-state index in [4.69, 9.17) is 0 Å². The first-order valence-corrected chi connectivity index (χ1v) is 8.47. The largest absolute Gasteiger partial charge is 0.222 e. The van der Waals surface area contributed by atoms with Crippen LogP contribution in [-0.4, -0.2) is 9.97 Å². The van der Waals surface area contributed by atoms with Crippen molar-refractivity contribution in [2.45, 2.75) is 6.92 Å². The van der Waals surface area contributed by atoms with Crippen LogP contribution in [0.5, 0.6) is 0 Å². The standard InChI is InChI=1S/C21H17BrN2/c1-3-7-15(2)19-14-20(24-21(22)23-19)18-12-10-17(11-13-18)16-8-5-4-6-9-16/h3-14H,1H2,2H3/b15-7+. The van der Waals surface area contributed by atoms with Crippen LogP contribution in [0.25, 0.3) is 28.0 Å². The van der Waals surface area contributed by atoms with Crippen LogP contribution < -0.4 is 0 Å². The Morgan fingerprint density at radius 3 is 2.21 bits per heavy atom. The predicted octanol–water partition coefficient (Wildman–Crippen LogP) is 6.16. The van der Waals surface area contributed by atoms with Crippen molar-refractivity contribution in [2.75, 3.05) is 0 Å². The van der Waals surface area contributed by atoms with E-state index in [-0.39, 0.29) is 0 Å². The summed E-state index contributed by atoms with van der Waals surface area (Å²) < 4.78 is 0.582. The van der Waals surface area contributed by atoms with Crippen LogP contribution >= 0.6 is 15.9 Å². The van der Waals surface area contributed by atoms with Gasteiger partial charge in [0.15, 0.2) is 4.73 Å². The van der Waals surface area contributed by atoms with Crippen LogP contribution in [0.4, 0.5) is 0 Å². The summed E-state index contributed by atoms with van der Waals surface area (Å²) in [7, 11) is 0. The number of hydrogen-bond donors (Lipinski definition) is 0. The van der Waals surface area contributed by atoms with Crippen LogP contribution in [0, 0.1) is 0 Å². The molecule has 0 saturated carbocycles. The van der Waals surface area contributed by atoms with E-state index in [0.29, 0.717) is 4.73 Å². The first-order valence-electron chi connectivity index (χ1n) is 7.67. The minimum absolute atomic E-state index is 0.582. The molecule has 0 amide bonds. The molecule has 118 valence electrons. The molecule has 1 heterocycles. The number of benzene rings is 2. The molecule has 0 spiro atoms. The van der Waals surface area contributed by atoms with E-state index in [1.807, 2.05) is 37.3 Å². The van der Waals surface area contributed by atoms with Crippen LogP contribution in [0.15, 0.2) is 84.1 Å². The molecule has 0 aliphatic carbocycles. The van der Waals surface area contributed by atoms with Crippen molar-refractivity contribution in [3.05, 3.63) is 89.8 Å². The molecule has 2 nitrogen and oxygen atoms in total. The third-order valence-corrected chi connectivity index (χ3v) is 4.11. The van der Waals surface area contributed by atoms with E-state index >= 15 is 0 Å². The molecular weight excluding hydrogens is 360 g/mol. The summed E-state index contributed by atoms with van der Waals surface area (Å²) in [5, 5.41) is 0. The van der Waals surface area contributed by atoms with Crippen LogP contribution in [-0.2, 0) is 0 Å². The molecule has 3 rings (SSSR count). The summed E-state index contributed by atoms with van der Waals surface area (Å²) in [6.45, 7) is 5.75. The Hall–Kier alpha value is -2.52. The molecule has 1 aromatic heterocycles. The van der Waals surface area contributed by atoms with Crippen LogP contribution in [0.3, 0.4) is 0 Å². The lowest BCUT2D eigenvalue weighted by atomic mass is 10.0. The first-order chi connectivity index (χ1) is 11.7. The summed E-state index contributed by atoms with van der Waals surface area (Å²) in [6.07, 6.45) is 3.71. The van der Waals surface area contributed by atoms with Gasteiger partial charge in [-0.3, -0.25) is 0 Å². The van der Waals surface area contributed by atoms with Gasteiger partial charge in [0.1, 0.15) is 0 Å². The summed E-state index contributed by atoms with van der Waals surface area (Å²) in [5.74, 6) is 0. The average Bonchev–Trinajstić information content (AvgIpc) is 2.62. The number of hydrogen-bond acceptors (Lipinski definition) is 2. The van der Waals surface area contributed by atoms with Gasteiger partial charge in [-0.05, 0) is 45.6 Å². The highest BCUT2D eigenvalue weighted by molar-refractivity contribution is 9.10. The molecule has 0 aliphatic rings. The molecule has 0 bridgehead atoms. The number of halogens is 1. The Balaban J connectivity index is 1.97. The molecular formula is C21H17BrN2. The Morgan fingerprint density at radius 1 is 0.917 bits per heavy atom. The smallest absolute Gasteiger partial charge is 0.197 e. The molecule has 0 unspecified atom stereocenters. The van der Waals surface area contributed by atoms with Crippen molar-refractivity contribution in [3.8, 4) is 22.4 Å². The summed E-state index contributed by atoms with van der Waals surface area (Å²) in [6, 6.07) is 20.8. The number of nitrogens with zero attached hydrogens (tertiary/aromatic N) is 2. The van der Waals surface area contributed by atoms with Gasteiger partial charge in [0.2, 0.25) is 0 Å². The van der Waals surface area contributed by atoms with E-state index in [1.165, 1.54) is 11.1 Å². The molecule has 0 atom stereocenters. The van der Waals surface area contributed by atoms with Crippen molar-refractivity contribution in [2.24, 2.45) is 0 Å². The van der Waals surface area contributed by atoms with Gasteiger partial charge in [0.25, 0.3) is 0 Å². The minimum Gasteiger partial charge on any atom is -0.222 e. The second-order valence-corrected chi connectivity index (χ2v) is 6.15. The first kappa shape index (κ1) is 16.3. The minimum atomic E-state index is 0.582. The molecule has 3 heteroatoms. The molecule has 0 radical (unpaired) electrons. The number of rotatable bonds is 4. The van der Waals surface area contributed by atoms with Gasteiger partial charge in [-0.15, -0.1) is 0 Å². The quantitative estimate of drug-likeness (QED) is 0.402. The van der Waals surface area contributed by atoms with Gasteiger partial charge in [-0.2, -0.15) is 0 Å². The van der Waals surface area contributed by atoms with Gasteiger partial charge in [-0.25, -0.2) is 9.97 Å². The summed E-state index contributed by atoms with van der Waals surface area (Å²) in [5.41, 5.74) is 6.29. The fourth-order valence-corrected chi connectivity index (χ4v) is 2.88. The molecule has 0 fully saturated rings. The monoisotopic (exact) mass is 376 g/mol. The zero-order chi connectivity index (χ0) is 16.9. The summed E-state index contributed by atoms with van der Waals surface area (Å²) in [4.78, 5) is 8.93. The molecule has 0 saturated heterocycles. The SMILES string of the molecule is C=C/C=C(\C)c1cc(-c2ccc(-c3ccccc3)cc2)nc(Br)n1. The Bertz CT molecular complexity index is 881. The highest BCUT2D eigenvalue weighted by Gasteiger charge is 2.07. The third-order valence-electron chi connectivity index (χ3n) is 3.76. The fraction of sp³-hybridized carbons (Fsp3) is 0.0476. The summed E-state index contributed by atoms with van der Waals surface area (Å²) >= 11 is 3.41. The van der Waals surface area contributed by atoms with Gasteiger partial charge in [-0.1, -0.05) is 73.3 Å². The number of aromatic nitrogens is 2. The lowest BCUT2D eigenvalue weighted by Crippen LogP contribution is -1.94. The average molecular weight is 377 g/mol. The Kier molecular flexibility index (Phi) is 5.02. The van der Waals surface area contributed by atoms with Crippen molar-refractivity contribution in [1.29, 1.82) is 0 Å². The normalized spacial score (nSPS) is 11.3. The van der Waals surface area contributed by atoms with E-state index in [2.05, 4.69) is 68.9 Å². The zero-order valence-corrected chi connectivity index (χ0v) is 15.0. The predicted molar refractivity (Wildman–Crippen MR) is 104 cm³/mol. The topological polar surface area (TPSA) is 25.8 Å². The molecule has 0 aliphatic heterocycles. The lowest BCUT2D eigenvalue weighted by molar-refractivity contribution is 1.09. The maximum Gasteiger partial charge on any atom is 0.197 e. The maximum atomic E-state index is 4.50. The number of allylic oxidation sites excluding steroid dienone is 3.